The van der Waals surface area contributed by atoms with E-state index in [9.17, 15) is 0 Å². The van der Waals surface area contributed by atoms with Crippen LogP contribution in [0.1, 0.15) is 17.9 Å². The summed E-state index contributed by atoms with van der Waals surface area (Å²) in [6.07, 6.45) is 0.993. The molecule has 2 heterocycles. The quantitative estimate of drug-likeness (QED) is 0.622. The number of ether oxygens (including phenoxy) is 2. The summed E-state index contributed by atoms with van der Waals surface area (Å²) in [5, 5.41) is 4.47. The Balaban J connectivity index is 1.64. The van der Waals surface area contributed by atoms with Crippen LogP contribution in [0.3, 0.4) is 0 Å². The lowest BCUT2D eigenvalue weighted by Crippen LogP contribution is -2.40. The highest BCUT2D eigenvalue weighted by atomic mass is 35.5. The molecule has 0 saturated carbocycles. The molecule has 0 aliphatic carbocycles. The predicted molar refractivity (Wildman–Crippen MR) is 120 cm³/mol. The first-order valence-electron chi connectivity index (χ1n) is 9.80. The van der Waals surface area contributed by atoms with Crippen molar-refractivity contribution in [2.24, 2.45) is 0 Å². The number of furan rings is 1. The van der Waals surface area contributed by atoms with Crippen LogP contribution in [0.2, 0.25) is 5.02 Å². The SMILES string of the molecule is COc1ccc(Cl)c(NC(=S)N(CCCN2CCOCC2)Cc2ccc(C)o2)c1. The molecular weight excluding hydrogens is 410 g/mol. The van der Waals surface area contributed by atoms with Gasteiger partial charge in [0.05, 0.1) is 37.6 Å². The summed E-state index contributed by atoms with van der Waals surface area (Å²) in [6, 6.07) is 9.42. The molecule has 1 aliphatic heterocycles. The third-order valence-corrected chi connectivity index (χ3v) is 5.54. The zero-order chi connectivity index (χ0) is 20.6. The number of rotatable bonds is 8. The van der Waals surface area contributed by atoms with Crippen molar-refractivity contribution >= 4 is 34.6 Å². The van der Waals surface area contributed by atoms with Crippen molar-refractivity contribution in [3.63, 3.8) is 0 Å². The maximum absolute atomic E-state index is 6.34. The lowest BCUT2D eigenvalue weighted by molar-refractivity contribution is 0.0367. The molecule has 1 aromatic heterocycles. The Morgan fingerprint density at radius 3 is 2.76 bits per heavy atom. The Bertz CT molecular complexity index is 808. The molecule has 1 fully saturated rings. The third-order valence-electron chi connectivity index (χ3n) is 4.85. The summed E-state index contributed by atoms with van der Waals surface area (Å²) in [6.45, 7) is 7.96. The van der Waals surface area contributed by atoms with Crippen LogP contribution < -0.4 is 10.1 Å². The number of hydrogen-bond acceptors (Lipinski definition) is 5. The van der Waals surface area contributed by atoms with Gasteiger partial charge in [0.2, 0.25) is 0 Å². The lowest BCUT2D eigenvalue weighted by atomic mass is 10.3. The minimum atomic E-state index is 0.593. The molecular formula is C21H28ClN3O3S. The highest BCUT2D eigenvalue weighted by molar-refractivity contribution is 7.80. The summed E-state index contributed by atoms with van der Waals surface area (Å²) in [7, 11) is 1.63. The second kappa shape index (κ2) is 10.8. The Morgan fingerprint density at radius 1 is 1.28 bits per heavy atom. The average molecular weight is 438 g/mol. The lowest BCUT2D eigenvalue weighted by Gasteiger charge is -2.29. The van der Waals surface area contributed by atoms with Gasteiger partial charge in [-0.25, -0.2) is 0 Å². The van der Waals surface area contributed by atoms with Gasteiger partial charge in [-0.1, -0.05) is 11.6 Å². The van der Waals surface area contributed by atoms with E-state index in [1.165, 1.54) is 0 Å². The number of nitrogens with one attached hydrogen (secondary N) is 1. The van der Waals surface area contributed by atoms with Gasteiger partial charge in [-0.15, -0.1) is 0 Å². The van der Waals surface area contributed by atoms with E-state index in [1.807, 2.05) is 31.2 Å². The van der Waals surface area contributed by atoms with Crippen molar-refractivity contribution in [1.82, 2.24) is 9.80 Å². The monoisotopic (exact) mass is 437 g/mol. The number of morpholine rings is 1. The van der Waals surface area contributed by atoms with E-state index in [-0.39, 0.29) is 0 Å². The second-order valence-corrected chi connectivity index (χ2v) is 7.81. The Kier molecular flexibility index (Phi) is 8.18. The van der Waals surface area contributed by atoms with Crippen LogP contribution in [0, 0.1) is 6.92 Å². The van der Waals surface area contributed by atoms with Crippen LogP contribution >= 0.6 is 23.8 Å². The highest BCUT2D eigenvalue weighted by Crippen LogP contribution is 2.27. The number of benzene rings is 1. The van der Waals surface area contributed by atoms with Gasteiger partial charge in [-0.3, -0.25) is 4.90 Å². The highest BCUT2D eigenvalue weighted by Gasteiger charge is 2.16. The molecule has 0 radical (unpaired) electrons. The average Bonchev–Trinajstić information content (AvgIpc) is 3.14. The van der Waals surface area contributed by atoms with Crippen LogP contribution in [0.15, 0.2) is 34.7 Å². The van der Waals surface area contributed by atoms with Crippen molar-refractivity contribution in [2.75, 3.05) is 51.8 Å². The van der Waals surface area contributed by atoms with Crippen LogP contribution in [0.5, 0.6) is 5.75 Å². The van der Waals surface area contributed by atoms with Gasteiger partial charge < -0.3 is 24.1 Å². The van der Waals surface area contributed by atoms with E-state index in [0.717, 1.165) is 68.8 Å². The van der Waals surface area contributed by atoms with E-state index in [2.05, 4.69) is 15.1 Å². The molecule has 0 amide bonds. The molecule has 2 aromatic rings. The molecule has 0 unspecified atom stereocenters. The largest absolute Gasteiger partial charge is 0.497 e. The maximum atomic E-state index is 6.34. The summed E-state index contributed by atoms with van der Waals surface area (Å²) >= 11 is 12.1. The topological polar surface area (TPSA) is 50.1 Å². The first-order valence-corrected chi connectivity index (χ1v) is 10.6. The summed E-state index contributed by atoms with van der Waals surface area (Å²) in [5.41, 5.74) is 0.727. The van der Waals surface area contributed by atoms with Gasteiger partial charge in [0.1, 0.15) is 17.3 Å². The standard InChI is InChI=1S/C21H28ClN3O3S/c1-16-4-5-18(28-16)15-25(9-3-8-24-10-12-27-13-11-24)21(29)23-20-14-17(26-2)6-7-19(20)22/h4-7,14H,3,8-13,15H2,1-2H3,(H,23,29). The van der Waals surface area contributed by atoms with Gasteiger partial charge in [0.25, 0.3) is 0 Å². The molecule has 1 aliphatic rings. The molecule has 3 rings (SSSR count). The first kappa shape index (κ1) is 21.9. The molecule has 1 N–H and O–H groups in total. The van der Waals surface area contributed by atoms with Crippen molar-refractivity contribution < 1.29 is 13.9 Å². The fourth-order valence-corrected chi connectivity index (χ4v) is 3.67. The van der Waals surface area contributed by atoms with Crippen molar-refractivity contribution in [2.45, 2.75) is 19.9 Å². The number of aryl methyl sites for hydroxylation is 1. The number of methoxy groups -OCH3 is 1. The summed E-state index contributed by atoms with van der Waals surface area (Å²) in [4.78, 5) is 4.54. The molecule has 0 bridgehead atoms. The van der Waals surface area contributed by atoms with Crippen molar-refractivity contribution in [1.29, 1.82) is 0 Å². The molecule has 0 spiro atoms. The zero-order valence-corrected chi connectivity index (χ0v) is 18.5. The smallest absolute Gasteiger partial charge is 0.173 e. The zero-order valence-electron chi connectivity index (χ0n) is 16.9. The van der Waals surface area contributed by atoms with Crippen LogP contribution in [0.25, 0.3) is 0 Å². The Hall–Kier alpha value is -1.80. The summed E-state index contributed by atoms with van der Waals surface area (Å²) in [5.74, 6) is 2.50. The third kappa shape index (κ3) is 6.60. The first-order chi connectivity index (χ1) is 14.0. The molecule has 1 aromatic carbocycles. The Labute approximate surface area is 182 Å². The van der Waals surface area contributed by atoms with Gasteiger partial charge in [-0.2, -0.15) is 0 Å². The molecule has 29 heavy (non-hydrogen) atoms. The minimum Gasteiger partial charge on any atom is -0.497 e. The van der Waals surface area contributed by atoms with E-state index >= 15 is 0 Å². The number of nitrogens with zero attached hydrogens (tertiary/aromatic N) is 2. The molecule has 8 heteroatoms. The normalized spacial score (nSPS) is 14.6. The van der Waals surface area contributed by atoms with Crippen LogP contribution in [0.4, 0.5) is 5.69 Å². The van der Waals surface area contributed by atoms with Crippen LogP contribution in [-0.4, -0.2) is 61.4 Å². The molecule has 6 nitrogen and oxygen atoms in total. The number of thiocarbonyl (C=S) groups is 1. The minimum absolute atomic E-state index is 0.593. The van der Waals surface area contributed by atoms with Gasteiger partial charge in [0.15, 0.2) is 5.11 Å². The van der Waals surface area contributed by atoms with Crippen LogP contribution in [-0.2, 0) is 11.3 Å². The number of anilines is 1. The maximum Gasteiger partial charge on any atom is 0.173 e. The van der Waals surface area contributed by atoms with Gasteiger partial charge >= 0.3 is 0 Å². The molecule has 1 saturated heterocycles. The fraction of sp³-hybridized carbons (Fsp3) is 0.476. The molecule has 0 atom stereocenters. The molecule has 158 valence electrons. The van der Waals surface area contributed by atoms with Crippen molar-refractivity contribution in [3.8, 4) is 5.75 Å². The predicted octanol–water partition coefficient (Wildman–Crippen LogP) is 4.17. The number of hydrogen-bond donors (Lipinski definition) is 1. The van der Waals surface area contributed by atoms with E-state index in [0.29, 0.717) is 16.7 Å². The van der Waals surface area contributed by atoms with Gasteiger partial charge in [-0.05, 0) is 49.8 Å². The fourth-order valence-electron chi connectivity index (χ4n) is 3.24. The number of halogens is 1. The van der Waals surface area contributed by atoms with Gasteiger partial charge in [0, 0.05) is 32.2 Å². The summed E-state index contributed by atoms with van der Waals surface area (Å²) < 4.78 is 16.5. The second-order valence-electron chi connectivity index (χ2n) is 7.02. The van der Waals surface area contributed by atoms with Crippen molar-refractivity contribution in [3.05, 3.63) is 46.9 Å². The van der Waals surface area contributed by atoms with E-state index < -0.39 is 0 Å². The van der Waals surface area contributed by atoms with E-state index in [4.69, 9.17) is 37.7 Å². The van der Waals surface area contributed by atoms with E-state index in [1.54, 1.807) is 13.2 Å². The Morgan fingerprint density at radius 2 is 2.07 bits per heavy atom.